The first kappa shape index (κ1) is 15.2. The van der Waals surface area contributed by atoms with Gasteiger partial charge in [-0.2, -0.15) is 0 Å². The molecule has 0 aliphatic carbocycles. The number of aliphatic carboxylic acids is 1. The second-order valence-corrected chi connectivity index (χ2v) is 5.68. The van der Waals surface area contributed by atoms with Gasteiger partial charge in [0.2, 0.25) is 5.91 Å². The molecular formula is C18H18N2O3. The molecule has 0 fully saturated rings. The lowest BCUT2D eigenvalue weighted by Crippen LogP contribution is -2.40. The fraction of sp³-hybridized carbons (Fsp3) is 0.278. The summed E-state index contributed by atoms with van der Waals surface area (Å²) in [6.45, 7) is 0.703. The van der Waals surface area contributed by atoms with Gasteiger partial charge in [0.25, 0.3) is 0 Å². The van der Waals surface area contributed by atoms with Crippen LogP contribution in [0.2, 0.25) is 0 Å². The van der Waals surface area contributed by atoms with Gasteiger partial charge in [0, 0.05) is 31.4 Å². The van der Waals surface area contributed by atoms with Crippen LogP contribution in [0.1, 0.15) is 29.2 Å². The standard InChI is InChI=1S/C18H18N2O3/c21-17(9-8-14-6-3-4-10-19-14)20-11-13-5-1-2-7-15(13)16(12-20)18(22)23/h1-7,10,16H,8-9,11-12H2,(H,22,23). The molecule has 1 aromatic carbocycles. The van der Waals surface area contributed by atoms with Crippen LogP contribution in [-0.2, 0) is 22.6 Å². The fourth-order valence-corrected chi connectivity index (χ4v) is 2.95. The van der Waals surface area contributed by atoms with Gasteiger partial charge in [0.1, 0.15) is 0 Å². The second kappa shape index (κ2) is 6.60. The quantitative estimate of drug-likeness (QED) is 0.940. The third-order valence-electron chi connectivity index (χ3n) is 4.17. The molecule has 1 N–H and O–H groups in total. The van der Waals surface area contributed by atoms with Gasteiger partial charge in [-0.3, -0.25) is 14.6 Å². The largest absolute Gasteiger partial charge is 0.481 e. The van der Waals surface area contributed by atoms with Crippen LogP contribution in [0.5, 0.6) is 0 Å². The van der Waals surface area contributed by atoms with Crippen LogP contribution in [0, 0.1) is 0 Å². The summed E-state index contributed by atoms with van der Waals surface area (Å²) in [6, 6.07) is 13.1. The number of hydrogen-bond acceptors (Lipinski definition) is 3. The van der Waals surface area contributed by atoms with Crippen molar-refractivity contribution in [3.05, 3.63) is 65.5 Å². The summed E-state index contributed by atoms with van der Waals surface area (Å²) in [5.74, 6) is -1.57. The number of aromatic nitrogens is 1. The molecule has 0 spiro atoms. The fourth-order valence-electron chi connectivity index (χ4n) is 2.95. The number of nitrogens with zero attached hydrogens (tertiary/aromatic N) is 2. The molecule has 1 aliphatic rings. The summed E-state index contributed by atoms with van der Waals surface area (Å²) in [5.41, 5.74) is 2.60. The number of benzene rings is 1. The molecule has 0 saturated heterocycles. The third kappa shape index (κ3) is 3.39. The van der Waals surface area contributed by atoms with Crippen LogP contribution in [0.15, 0.2) is 48.7 Å². The maximum atomic E-state index is 12.5. The molecule has 1 atom stereocenters. The molecule has 1 aliphatic heterocycles. The zero-order valence-electron chi connectivity index (χ0n) is 12.7. The summed E-state index contributed by atoms with van der Waals surface area (Å²) in [5, 5.41) is 9.44. The van der Waals surface area contributed by atoms with E-state index in [0.29, 0.717) is 19.4 Å². The van der Waals surface area contributed by atoms with Crippen LogP contribution >= 0.6 is 0 Å². The van der Waals surface area contributed by atoms with Crippen molar-refractivity contribution in [2.75, 3.05) is 6.54 Å². The van der Waals surface area contributed by atoms with Gasteiger partial charge in [0.05, 0.1) is 5.92 Å². The molecular weight excluding hydrogens is 292 g/mol. The van der Waals surface area contributed by atoms with Crippen LogP contribution < -0.4 is 0 Å². The molecule has 5 nitrogen and oxygen atoms in total. The van der Waals surface area contributed by atoms with E-state index in [2.05, 4.69) is 4.98 Å². The SMILES string of the molecule is O=C(O)C1CN(C(=O)CCc2ccccn2)Cc2ccccc21. The first-order valence-corrected chi connectivity index (χ1v) is 7.63. The smallest absolute Gasteiger partial charge is 0.312 e. The molecule has 0 radical (unpaired) electrons. The molecule has 118 valence electrons. The Labute approximate surface area is 134 Å². The highest BCUT2D eigenvalue weighted by Gasteiger charge is 2.32. The molecule has 0 saturated carbocycles. The summed E-state index contributed by atoms with van der Waals surface area (Å²) in [6.07, 6.45) is 2.61. The first-order chi connectivity index (χ1) is 11.1. The van der Waals surface area contributed by atoms with Gasteiger partial charge in [-0.05, 0) is 29.7 Å². The molecule has 2 aromatic rings. The van der Waals surface area contributed by atoms with Crippen molar-refractivity contribution in [3.63, 3.8) is 0 Å². The van der Waals surface area contributed by atoms with E-state index in [4.69, 9.17) is 0 Å². The molecule has 0 bridgehead atoms. The van der Waals surface area contributed by atoms with Crippen LogP contribution in [0.25, 0.3) is 0 Å². The van der Waals surface area contributed by atoms with Gasteiger partial charge in [0.15, 0.2) is 0 Å². The zero-order valence-corrected chi connectivity index (χ0v) is 12.7. The van der Waals surface area contributed by atoms with Crippen molar-refractivity contribution in [1.29, 1.82) is 0 Å². The molecule has 2 heterocycles. The van der Waals surface area contributed by atoms with E-state index in [1.807, 2.05) is 42.5 Å². The minimum Gasteiger partial charge on any atom is -0.481 e. The summed E-state index contributed by atoms with van der Waals surface area (Å²) >= 11 is 0. The number of amides is 1. The van der Waals surface area contributed by atoms with Crippen LogP contribution in [0.4, 0.5) is 0 Å². The summed E-state index contributed by atoms with van der Waals surface area (Å²) in [4.78, 5) is 29.8. The van der Waals surface area contributed by atoms with Gasteiger partial charge >= 0.3 is 5.97 Å². The average molecular weight is 310 g/mol. The van der Waals surface area contributed by atoms with Crippen LogP contribution in [0.3, 0.4) is 0 Å². The predicted molar refractivity (Wildman–Crippen MR) is 84.8 cm³/mol. The lowest BCUT2D eigenvalue weighted by molar-refractivity contribution is -0.141. The predicted octanol–water partition coefficient (Wildman–Crippen LogP) is 2.22. The Morgan fingerprint density at radius 3 is 2.70 bits per heavy atom. The van der Waals surface area contributed by atoms with Gasteiger partial charge in [-0.1, -0.05) is 30.3 Å². The Kier molecular flexibility index (Phi) is 4.37. The van der Waals surface area contributed by atoms with Gasteiger partial charge in [-0.25, -0.2) is 0 Å². The van der Waals surface area contributed by atoms with Crippen molar-refractivity contribution in [2.24, 2.45) is 0 Å². The Hall–Kier alpha value is -2.69. The minimum atomic E-state index is -0.889. The van der Waals surface area contributed by atoms with E-state index in [-0.39, 0.29) is 12.5 Å². The lowest BCUT2D eigenvalue weighted by Gasteiger charge is -2.32. The number of carbonyl (C=O) groups is 2. The number of aryl methyl sites for hydroxylation is 1. The zero-order chi connectivity index (χ0) is 16.2. The number of carboxylic acids is 1. The molecule has 5 heteroatoms. The third-order valence-corrected chi connectivity index (χ3v) is 4.17. The van der Waals surface area contributed by atoms with Gasteiger partial charge < -0.3 is 10.0 Å². The Morgan fingerprint density at radius 1 is 1.17 bits per heavy atom. The number of rotatable bonds is 4. The number of carbonyl (C=O) groups excluding carboxylic acids is 1. The number of fused-ring (bicyclic) bond motifs is 1. The number of pyridine rings is 1. The van der Waals surface area contributed by atoms with E-state index < -0.39 is 11.9 Å². The summed E-state index contributed by atoms with van der Waals surface area (Å²) < 4.78 is 0. The first-order valence-electron chi connectivity index (χ1n) is 7.63. The topological polar surface area (TPSA) is 70.5 Å². The van der Waals surface area contributed by atoms with E-state index in [9.17, 15) is 14.7 Å². The van der Waals surface area contributed by atoms with Crippen molar-refractivity contribution in [3.8, 4) is 0 Å². The van der Waals surface area contributed by atoms with Crippen molar-refractivity contribution < 1.29 is 14.7 Å². The van der Waals surface area contributed by atoms with Crippen molar-refractivity contribution >= 4 is 11.9 Å². The highest BCUT2D eigenvalue weighted by Crippen LogP contribution is 2.28. The Balaban J connectivity index is 1.71. The Morgan fingerprint density at radius 2 is 1.96 bits per heavy atom. The van der Waals surface area contributed by atoms with E-state index >= 15 is 0 Å². The van der Waals surface area contributed by atoms with Crippen LogP contribution in [-0.4, -0.2) is 33.4 Å². The maximum Gasteiger partial charge on any atom is 0.312 e. The maximum absolute atomic E-state index is 12.5. The second-order valence-electron chi connectivity index (χ2n) is 5.68. The molecule has 1 amide bonds. The number of carboxylic acid groups (broad SMARTS) is 1. The number of hydrogen-bond donors (Lipinski definition) is 1. The Bertz CT molecular complexity index is 715. The van der Waals surface area contributed by atoms with E-state index in [1.165, 1.54) is 0 Å². The average Bonchev–Trinajstić information content (AvgIpc) is 2.59. The molecule has 23 heavy (non-hydrogen) atoms. The lowest BCUT2D eigenvalue weighted by atomic mass is 9.89. The summed E-state index contributed by atoms with van der Waals surface area (Å²) in [7, 11) is 0. The molecule has 3 rings (SSSR count). The normalized spacial score (nSPS) is 16.7. The molecule has 1 aromatic heterocycles. The molecule has 1 unspecified atom stereocenters. The van der Waals surface area contributed by atoms with Crippen molar-refractivity contribution in [2.45, 2.75) is 25.3 Å². The highest BCUT2D eigenvalue weighted by atomic mass is 16.4. The van der Waals surface area contributed by atoms with E-state index in [0.717, 1.165) is 16.8 Å². The van der Waals surface area contributed by atoms with E-state index in [1.54, 1.807) is 11.1 Å². The highest BCUT2D eigenvalue weighted by molar-refractivity contribution is 5.81. The minimum absolute atomic E-state index is 0.0311. The monoisotopic (exact) mass is 310 g/mol. The van der Waals surface area contributed by atoms with Gasteiger partial charge in [-0.15, -0.1) is 0 Å². The van der Waals surface area contributed by atoms with Crippen molar-refractivity contribution in [1.82, 2.24) is 9.88 Å².